The Morgan fingerprint density at radius 3 is 1.32 bits per heavy atom. The molecule has 0 amide bonds. The van der Waals surface area contributed by atoms with Gasteiger partial charge in [0.25, 0.3) is 0 Å². The van der Waals surface area contributed by atoms with Crippen LogP contribution in [0.3, 0.4) is 0 Å². The smallest absolute Gasteiger partial charge is 0.306 e. The highest BCUT2D eigenvalue weighted by molar-refractivity contribution is 5.72. The lowest BCUT2D eigenvalue weighted by Crippen LogP contribution is -2.29. The second kappa shape index (κ2) is 34.3. The second-order valence-corrected chi connectivity index (χ2v) is 15.3. The third-order valence-electron chi connectivity index (χ3n) is 8.89. The first-order valence-corrected chi connectivity index (χ1v) is 20.5. The molecular formula is C43H81NO3. The highest BCUT2D eigenvalue weighted by atomic mass is 16.6. The summed E-state index contributed by atoms with van der Waals surface area (Å²) in [6, 6.07) is 0. The molecule has 0 aliphatic heterocycles. The van der Waals surface area contributed by atoms with Crippen molar-refractivity contribution < 1.29 is 14.3 Å². The van der Waals surface area contributed by atoms with Crippen LogP contribution >= 0.6 is 0 Å². The molecule has 0 aromatic rings. The van der Waals surface area contributed by atoms with Crippen molar-refractivity contribution in [1.29, 1.82) is 5.41 Å². The molecule has 0 fully saturated rings. The van der Waals surface area contributed by atoms with Gasteiger partial charge in [0.15, 0.2) is 5.90 Å². The van der Waals surface area contributed by atoms with Crippen LogP contribution in [0.15, 0.2) is 24.3 Å². The number of ether oxygens (including phenoxy) is 2. The highest BCUT2D eigenvalue weighted by Gasteiger charge is 2.23. The van der Waals surface area contributed by atoms with E-state index in [4.69, 9.17) is 14.9 Å². The van der Waals surface area contributed by atoms with Crippen LogP contribution in [0.5, 0.6) is 0 Å². The number of nitrogens with one attached hydrogen (secondary N) is 1. The molecule has 0 aromatic heterocycles. The summed E-state index contributed by atoms with van der Waals surface area (Å²) in [4.78, 5) is 12.6. The highest BCUT2D eigenvalue weighted by Crippen LogP contribution is 2.23. The summed E-state index contributed by atoms with van der Waals surface area (Å²) < 4.78 is 11.6. The molecule has 4 nitrogen and oxygen atoms in total. The normalized spacial score (nSPS) is 12.7. The van der Waals surface area contributed by atoms with Crippen molar-refractivity contribution in [2.45, 2.75) is 227 Å². The van der Waals surface area contributed by atoms with Gasteiger partial charge in [-0.2, -0.15) is 0 Å². The van der Waals surface area contributed by atoms with Crippen molar-refractivity contribution in [3.05, 3.63) is 24.3 Å². The van der Waals surface area contributed by atoms with Gasteiger partial charge in [-0.1, -0.05) is 162 Å². The molecule has 47 heavy (non-hydrogen) atoms. The van der Waals surface area contributed by atoms with Crippen molar-refractivity contribution in [3.8, 4) is 0 Å². The lowest BCUT2D eigenvalue weighted by atomic mass is 9.89. The van der Waals surface area contributed by atoms with Crippen molar-refractivity contribution >= 4 is 11.9 Å². The molecule has 0 aliphatic rings. The molecule has 1 N–H and O–H groups in total. The fraction of sp³-hybridized carbons (Fsp3) is 0.860. The van der Waals surface area contributed by atoms with Crippen molar-refractivity contribution in [1.82, 2.24) is 0 Å². The van der Waals surface area contributed by atoms with E-state index in [0.717, 1.165) is 32.1 Å². The first-order valence-electron chi connectivity index (χ1n) is 20.5. The maximum Gasteiger partial charge on any atom is 0.306 e. The first kappa shape index (κ1) is 45.4. The Bertz CT molecular complexity index is 751. The van der Waals surface area contributed by atoms with Crippen LogP contribution in [0.4, 0.5) is 0 Å². The van der Waals surface area contributed by atoms with Gasteiger partial charge in [0, 0.05) is 12.8 Å². The van der Waals surface area contributed by atoms with E-state index in [-0.39, 0.29) is 17.5 Å². The molecule has 0 saturated heterocycles. The Balaban J connectivity index is 3.89. The lowest BCUT2D eigenvalue weighted by Gasteiger charge is -2.26. The molecule has 4 heteroatoms. The molecule has 0 heterocycles. The number of allylic oxidation sites excluding steroid dienone is 4. The summed E-state index contributed by atoms with van der Waals surface area (Å²) in [5, 5.41) is 8.27. The molecule has 0 aromatic carbocycles. The minimum atomic E-state index is -0.292. The van der Waals surface area contributed by atoms with Gasteiger partial charge < -0.3 is 9.47 Å². The van der Waals surface area contributed by atoms with Crippen LogP contribution in [0, 0.1) is 10.8 Å². The molecule has 1 atom stereocenters. The fourth-order valence-corrected chi connectivity index (χ4v) is 6.02. The van der Waals surface area contributed by atoms with Gasteiger partial charge in [0.2, 0.25) is 0 Å². The van der Waals surface area contributed by atoms with E-state index >= 15 is 0 Å². The van der Waals surface area contributed by atoms with Gasteiger partial charge >= 0.3 is 5.97 Å². The molecule has 1 unspecified atom stereocenters. The van der Waals surface area contributed by atoms with Crippen LogP contribution < -0.4 is 0 Å². The summed E-state index contributed by atoms with van der Waals surface area (Å²) >= 11 is 0. The van der Waals surface area contributed by atoms with Crippen molar-refractivity contribution in [3.63, 3.8) is 0 Å². The number of carbonyl (C=O) groups is 1. The number of hydrogen-bond donors (Lipinski definition) is 1. The Hall–Kier alpha value is -1.58. The van der Waals surface area contributed by atoms with Crippen LogP contribution in [0.1, 0.15) is 221 Å². The average molecular weight is 660 g/mol. The Kier molecular flexibility index (Phi) is 33.1. The summed E-state index contributed by atoms with van der Waals surface area (Å²) in [7, 11) is 0. The van der Waals surface area contributed by atoms with E-state index in [0.29, 0.717) is 25.3 Å². The molecule has 0 rings (SSSR count). The van der Waals surface area contributed by atoms with Crippen molar-refractivity contribution in [2.24, 2.45) is 5.41 Å². The van der Waals surface area contributed by atoms with Crippen LogP contribution in [0.2, 0.25) is 0 Å². The largest absolute Gasteiger partial charge is 0.477 e. The second-order valence-electron chi connectivity index (χ2n) is 15.3. The van der Waals surface area contributed by atoms with Gasteiger partial charge in [-0.25, -0.2) is 0 Å². The van der Waals surface area contributed by atoms with Crippen molar-refractivity contribution in [2.75, 3.05) is 6.61 Å². The number of carbonyl (C=O) groups excluding carboxylic acids is 1. The minimum Gasteiger partial charge on any atom is -0.477 e. The summed E-state index contributed by atoms with van der Waals surface area (Å²) in [5.74, 6) is 0.208. The predicted molar refractivity (Wildman–Crippen MR) is 207 cm³/mol. The van der Waals surface area contributed by atoms with Gasteiger partial charge in [-0.05, 0) is 76.0 Å². The molecule has 0 spiro atoms. The topological polar surface area (TPSA) is 59.4 Å². The molecule has 0 bridgehead atoms. The van der Waals surface area contributed by atoms with Gasteiger partial charge in [0.1, 0.15) is 12.7 Å². The quantitative estimate of drug-likeness (QED) is 0.0246. The zero-order valence-electron chi connectivity index (χ0n) is 32.3. The van der Waals surface area contributed by atoms with E-state index in [1.165, 1.54) is 141 Å². The summed E-state index contributed by atoms with van der Waals surface area (Å²) in [5.41, 5.74) is 0.0308. The number of hydrogen-bond acceptors (Lipinski definition) is 4. The Labute approximate surface area is 294 Å². The SMILES string of the molecule is CCCCCCCCC=CCCCCCCCC(=N)OCC(CC(C)(C)C)OC(=O)CCCCCCCC=CCCCCCCCC. The summed E-state index contributed by atoms with van der Waals surface area (Å²) in [6.07, 6.45) is 43.8. The standard InChI is InChI=1S/C43H81NO3/c1-6-8-10-12-14-16-18-20-22-24-26-28-30-32-34-36-41(44)46-39-40(38-43(3,4)5)47-42(45)37-35-33-31-29-27-25-23-21-19-17-15-13-11-9-7-2/h20-23,40,44H,6-19,24-39H2,1-5H3. The van der Waals surface area contributed by atoms with Crippen LogP contribution in [-0.4, -0.2) is 24.6 Å². The first-order chi connectivity index (χ1) is 22.8. The van der Waals surface area contributed by atoms with Gasteiger partial charge in [-0.15, -0.1) is 0 Å². The maximum atomic E-state index is 12.6. The minimum absolute atomic E-state index is 0.0308. The number of esters is 1. The molecule has 0 radical (unpaired) electrons. The van der Waals surface area contributed by atoms with Crippen LogP contribution in [-0.2, 0) is 14.3 Å². The van der Waals surface area contributed by atoms with E-state index < -0.39 is 0 Å². The zero-order valence-corrected chi connectivity index (χ0v) is 32.3. The van der Waals surface area contributed by atoms with Crippen LogP contribution in [0.25, 0.3) is 0 Å². The van der Waals surface area contributed by atoms with Gasteiger partial charge in [0.05, 0.1) is 0 Å². The van der Waals surface area contributed by atoms with E-state index in [1.54, 1.807) is 0 Å². The molecule has 276 valence electrons. The Morgan fingerprint density at radius 2 is 0.915 bits per heavy atom. The number of unbranched alkanes of at least 4 members (excludes halogenated alkanes) is 22. The average Bonchev–Trinajstić information content (AvgIpc) is 3.03. The predicted octanol–water partition coefficient (Wildman–Crippen LogP) is 14.4. The fourth-order valence-electron chi connectivity index (χ4n) is 6.02. The third kappa shape index (κ3) is 37.1. The zero-order chi connectivity index (χ0) is 34.7. The third-order valence-corrected chi connectivity index (χ3v) is 8.89. The van der Waals surface area contributed by atoms with E-state index in [1.807, 2.05) is 0 Å². The molecule has 0 saturated carbocycles. The van der Waals surface area contributed by atoms with Gasteiger partial charge in [-0.3, -0.25) is 10.2 Å². The summed E-state index contributed by atoms with van der Waals surface area (Å²) in [6.45, 7) is 11.3. The maximum absolute atomic E-state index is 12.6. The van der Waals surface area contributed by atoms with E-state index in [2.05, 4.69) is 58.9 Å². The molecular weight excluding hydrogens is 578 g/mol. The monoisotopic (exact) mass is 660 g/mol. The lowest BCUT2D eigenvalue weighted by molar-refractivity contribution is -0.152. The number of rotatable bonds is 34. The Morgan fingerprint density at radius 1 is 0.553 bits per heavy atom. The van der Waals surface area contributed by atoms with E-state index in [9.17, 15) is 4.79 Å². The molecule has 0 aliphatic carbocycles.